The average Bonchev–Trinajstić information content (AvgIpc) is 2.41. The number of benzene rings is 2. The molecule has 2 aromatic rings. The van der Waals surface area contributed by atoms with Crippen molar-refractivity contribution >= 4 is 15.7 Å². The standard InChI is InChI=1S/C15H17FN2O2S/c1-11(9-12-5-7-13(16)8-6-12)18-21(19,20)15-4-2-3-14(17)10-15/h2-8,10-11,18H,9,17H2,1H3. The van der Waals surface area contributed by atoms with Crippen LogP contribution in [0.25, 0.3) is 0 Å². The maximum atomic E-state index is 12.8. The molecule has 0 heterocycles. The van der Waals surface area contributed by atoms with Gasteiger partial charge in [0.1, 0.15) is 5.82 Å². The summed E-state index contributed by atoms with van der Waals surface area (Å²) in [4.78, 5) is 0.133. The molecular formula is C15H17FN2O2S. The van der Waals surface area contributed by atoms with Crippen LogP contribution in [0.15, 0.2) is 53.4 Å². The third-order valence-electron chi connectivity index (χ3n) is 2.98. The number of hydrogen-bond acceptors (Lipinski definition) is 3. The topological polar surface area (TPSA) is 72.2 Å². The zero-order valence-electron chi connectivity index (χ0n) is 11.6. The summed E-state index contributed by atoms with van der Waals surface area (Å²) in [5.41, 5.74) is 6.85. The largest absolute Gasteiger partial charge is 0.399 e. The number of nitrogens with two attached hydrogens (primary N) is 1. The molecule has 0 saturated carbocycles. The first-order chi connectivity index (χ1) is 9.87. The fraction of sp³-hybridized carbons (Fsp3) is 0.200. The van der Waals surface area contributed by atoms with E-state index in [4.69, 9.17) is 5.73 Å². The lowest BCUT2D eigenvalue weighted by molar-refractivity contribution is 0.559. The number of anilines is 1. The summed E-state index contributed by atoms with van der Waals surface area (Å²) in [6.45, 7) is 1.76. The van der Waals surface area contributed by atoms with Crippen molar-refractivity contribution in [1.82, 2.24) is 4.72 Å². The molecule has 1 unspecified atom stereocenters. The van der Waals surface area contributed by atoms with Crippen LogP contribution in [-0.4, -0.2) is 14.5 Å². The summed E-state index contributed by atoms with van der Waals surface area (Å²) in [5.74, 6) is -0.313. The van der Waals surface area contributed by atoms with E-state index in [1.807, 2.05) is 0 Å². The molecule has 1 atom stereocenters. The van der Waals surface area contributed by atoms with Gasteiger partial charge < -0.3 is 5.73 Å². The number of halogens is 1. The van der Waals surface area contributed by atoms with E-state index in [9.17, 15) is 12.8 Å². The molecule has 0 radical (unpaired) electrons. The quantitative estimate of drug-likeness (QED) is 0.833. The van der Waals surface area contributed by atoms with E-state index < -0.39 is 10.0 Å². The Labute approximate surface area is 123 Å². The lowest BCUT2D eigenvalue weighted by Gasteiger charge is -2.14. The van der Waals surface area contributed by atoms with Crippen LogP contribution < -0.4 is 10.5 Å². The lowest BCUT2D eigenvalue weighted by Crippen LogP contribution is -2.34. The van der Waals surface area contributed by atoms with Crippen LogP contribution in [0.4, 0.5) is 10.1 Å². The van der Waals surface area contributed by atoms with Gasteiger partial charge in [-0.1, -0.05) is 18.2 Å². The molecule has 112 valence electrons. The van der Waals surface area contributed by atoms with Crippen molar-refractivity contribution < 1.29 is 12.8 Å². The molecule has 21 heavy (non-hydrogen) atoms. The van der Waals surface area contributed by atoms with E-state index in [0.29, 0.717) is 12.1 Å². The minimum atomic E-state index is -3.61. The number of nitrogen functional groups attached to an aromatic ring is 1. The Morgan fingerprint density at radius 3 is 2.48 bits per heavy atom. The summed E-state index contributed by atoms with van der Waals surface area (Å²) >= 11 is 0. The summed E-state index contributed by atoms with van der Waals surface area (Å²) in [5, 5.41) is 0. The van der Waals surface area contributed by atoms with Crippen molar-refractivity contribution in [3.05, 3.63) is 59.9 Å². The fourth-order valence-electron chi connectivity index (χ4n) is 2.03. The molecular weight excluding hydrogens is 291 g/mol. The zero-order valence-corrected chi connectivity index (χ0v) is 12.4. The molecule has 0 aromatic heterocycles. The summed E-state index contributed by atoms with van der Waals surface area (Å²) in [6, 6.07) is 11.8. The van der Waals surface area contributed by atoms with Crippen molar-refractivity contribution in [2.45, 2.75) is 24.3 Å². The molecule has 0 bridgehead atoms. The highest BCUT2D eigenvalue weighted by Crippen LogP contribution is 2.14. The van der Waals surface area contributed by atoms with Gasteiger partial charge in [0, 0.05) is 11.7 Å². The molecule has 0 fully saturated rings. The Morgan fingerprint density at radius 1 is 1.19 bits per heavy atom. The Balaban J connectivity index is 2.07. The van der Waals surface area contributed by atoms with Crippen molar-refractivity contribution in [1.29, 1.82) is 0 Å². The van der Waals surface area contributed by atoms with Gasteiger partial charge in [-0.3, -0.25) is 0 Å². The van der Waals surface area contributed by atoms with E-state index in [2.05, 4.69) is 4.72 Å². The van der Waals surface area contributed by atoms with Crippen molar-refractivity contribution in [3.63, 3.8) is 0 Å². The second kappa shape index (κ2) is 6.24. The van der Waals surface area contributed by atoms with Crippen LogP contribution in [0, 0.1) is 5.82 Å². The SMILES string of the molecule is CC(Cc1ccc(F)cc1)NS(=O)(=O)c1cccc(N)c1. The van der Waals surface area contributed by atoms with Gasteiger partial charge in [-0.25, -0.2) is 17.5 Å². The number of sulfonamides is 1. The van der Waals surface area contributed by atoms with Gasteiger partial charge in [0.25, 0.3) is 0 Å². The smallest absolute Gasteiger partial charge is 0.240 e. The summed E-state index contributed by atoms with van der Waals surface area (Å²) in [6.07, 6.45) is 0.474. The zero-order chi connectivity index (χ0) is 15.5. The van der Waals surface area contributed by atoms with Crippen LogP contribution in [0.5, 0.6) is 0 Å². The number of rotatable bonds is 5. The first-order valence-electron chi connectivity index (χ1n) is 6.49. The van der Waals surface area contributed by atoms with Gasteiger partial charge in [-0.15, -0.1) is 0 Å². The highest BCUT2D eigenvalue weighted by atomic mass is 32.2. The lowest BCUT2D eigenvalue weighted by atomic mass is 10.1. The van der Waals surface area contributed by atoms with Gasteiger partial charge in [0.15, 0.2) is 0 Å². The van der Waals surface area contributed by atoms with Gasteiger partial charge in [0.05, 0.1) is 4.90 Å². The van der Waals surface area contributed by atoms with E-state index in [1.54, 1.807) is 31.2 Å². The monoisotopic (exact) mass is 308 g/mol. The second-order valence-electron chi connectivity index (χ2n) is 4.93. The first-order valence-corrected chi connectivity index (χ1v) is 7.97. The maximum absolute atomic E-state index is 12.8. The normalized spacial score (nSPS) is 13.0. The highest BCUT2D eigenvalue weighted by molar-refractivity contribution is 7.89. The maximum Gasteiger partial charge on any atom is 0.240 e. The third-order valence-corrected chi connectivity index (χ3v) is 4.57. The minimum Gasteiger partial charge on any atom is -0.399 e. The van der Waals surface area contributed by atoms with E-state index in [0.717, 1.165) is 5.56 Å². The van der Waals surface area contributed by atoms with Gasteiger partial charge >= 0.3 is 0 Å². The van der Waals surface area contributed by atoms with Gasteiger partial charge in [0.2, 0.25) is 10.0 Å². The van der Waals surface area contributed by atoms with Gasteiger partial charge in [-0.05, 0) is 49.2 Å². The van der Waals surface area contributed by atoms with Crippen LogP contribution in [-0.2, 0) is 16.4 Å². The van der Waals surface area contributed by atoms with Gasteiger partial charge in [-0.2, -0.15) is 0 Å². The van der Waals surface area contributed by atoms with E-state index >= 15 is 0 Å². The fourth-order valence-corrected chi connectivity index (χ4v) is 3.33. The minimum absolute atomic E-state index is 0.133. The molecule has 2 aromatic carbocycles. The Hall–Kier alpha value is -1.92. The molecule has 4 nitrogen and oxygen atoms in total. The second-order valence-corrected chi connectivity index (χ2v) is 6.64. The summed E-state index contributed by atoms with van der Waals surface area (Å²) in [7, 11) is -3.61. The molecule has 0 spiro atoms. The van der Waals surface area contributed by atoms with Crippen molar-refractivity contribution in [3.8, 4) is 0 Å². The molecule has 0 saturated heterocycles. The first kappa shape index (κ1) is 15.5. The Bertz CT molecular complexity index is 715. The van der Waals surface area contributed by atoms with E-state index in [-0.39, 0.29) is 16.8 Å². The molecule has 6 heteroatoms. The highest BCUT2D eigenvalue weighted by Gasteiger charge is 2.17. The molecule has 0 aliphatic carbocycles. The van der Waals surface area contributed by atoms with Crippen LogP contribution in [0.2, 0.25) is 0 Å². The number of hydrogen-bond donors (Lipinski definition) is 2. The predicted molar refractivity (Wildman–Crippen MR) is 80.7 cm³/mol. The number of nitrogens with one attached hydrogen (secondary N) is 1. The van der Waals surface area contributed by atoms with E-state index in [1.165, 1.54) is 24.3 Å². The van der Waals surface area contributed by atoms with Crippen LogP contribution in [0.1, 0.15) is 12.5 Å². The third kappa shape index (κ3) is 4.27. The molecule has 2 rings (SSSR count). The molecule has 0 aliphatic heterocycles. The molecule has 0 aliphatic rings. The van der Waals surface area contributed by atoms with Crippen molar-refractivity contribution in [2.24, 2.45) is 0 Å². The average molecular weight is 308 g/mol. The summed E-state index contributed by atoms with van der Waals surface area (Å²) < 4.78 is 39.8. The van der Waals surface area contributed by atoms with Crippen LogP contribution in [0.3, 0.4) is 0 Å². The van der Waals surface area contributed by atoms with Crippen LogP contribution >= 0.6 is 0 Å². The predicted octanol–water partition coefficient (Wildman–Crippen LogP) is 2.32. The molecule has 0 amide bonds. The van der Waals surface area contributed by atoms with Crippen molar-refractivity contribution in [2.75, 3.05) is 5.73 Å². The Morgan fingerprint density at radius 2 is 1.86 bits per heavy atom. The Kier molecular flexibility index (Phi) is 4.59. The molecule has 3 N–H and O–H groups in total.